The highest BCUT2D eigenvalue weighted by atomic mass is 16.4. The summed E-state index contributed by atoms with van der Waals surface area (Å²) in [4.78, 5) is 11.9. The minimum atomic E-state index is -0.334. The number of anilines is 1. The van der Waals surface area contributed by atoms with Crippen LogP contribution in [0.1, 0.15) is 31.2 Å². The summed E-state index contributed by atoms with van der Waals surface area (Å²) >= 11 is 0. The van der Waals surface area contributed by atoms with E-state index < -0.39 is 0 Å². The second-order valence-corrected chi connectivity index (χ2v) is 4.89. The minimum absolute atomic E-state index is 0.0459. The Morgan fingerprint density at radius 3 is 3.00 bits per heavy atom. The van der Waals surface area contributed by atoms with Gasteiger partial charge in [0.05, 0.1) is 17.3 Å². The van der Waals surface area contributed by atoms with Crippen molar-refractivity contribution in [1.82, 2.24) is 10.2 Å². The Bertz CT molecular complexity index is 678. The van der Waals surface area contributed by atoms with Crippen molar-refractivity contribution in [3.05, 3.63) is 42.3 Å². The van der Waals surface area contributed by atoms with E-state index in [0.29, 0.717) is 42.3 Å². The zero-order valence-electron chi connectivity index (χ0n) is 11.5. The normalized spacial score (nSPS) is 20.4. The first-order valence-electron chi connectivity index (χ1n) is 6.87. The Hall–Kier alpha value is -2.47. The second-order valence-electron chi connectivity index (χ2n) is 4.89. The summed E-state index contributed by atoms with van der Waals surface area (Å²) in [6.07, 6.45) is 5.58. The van der Waals surface area contributed by atoms with Gasteiger partial charge in [0.25, 0.3) is 0 Å². The molecule has 2 aromatic rings. The van der Waals surface area contributed by atoms with Crippen molar-refractivity contribution in [2.24, 2.45) is 5.73 Å². The van der Waals surface area contributed by atoms with Gasteiger partial charge in [-0.25, -0.2) is 0 Å². The minimum Gasteiger partial charge on any atom is -0.419 e. The predicted octanol–water partition coefficient (Wildman–Crippen LogP) is 2.42. The van der Waals surface area contributed by atoms with Gasteiger partial charge < -0.3 is 15.5 Å². The number of hydrogen-bond acceptors (Lipinski definition) is 5. The summed E-state index contributed by atoms with van der Waals surface area (Å²) in [5.41, 5.74) is 7.38. The van der Waals surface area contributed by atoms with Gasteiger partial charge in [-0.1, -0.05) is 24.3 Å². The highest BCUT2D eigenvalue weighted by Crippen LogP contribution is 2.28. The topological polar surface area (TPSA) is 94.0 Å². The van der Waals surface area contributed by atoms with Crippen molar-refractivity contribution in [1.29, 1.82) is 0 Å². The zero-order valence-corrected chi connectivity index (χ0v) is 11.5. The number of amides is 1. The van der Waals surface area contributed by atoms with Crippen LogP contribution in [0, 0.1) is 0 Å². The van der Waals surface area contributed by atoms with Gasteiger partial charge in [0.15, 0.2) is 0 Å². The van der Waals surface area contributed by atoms with Crippen molar-refractivity contribution in [3.63, 3.8) is 0 Å². The molecule has 2 heterocycles. The quantitative estimate of drug-likeness (QED) is 0.724. The predicted molar refractivity (Wildman–Crippen MR) is 78.3 cm³/mol. The SMILES string of the molecule is N[C@H]1C/C=C/CCC(=O)Nc2ccccc2-c2nnc1o2. The van der Waals surface area contributed by atoms with Crippen LogP contribution in [0.2, 0.25) is 0 Å². The Labute approximate surface area is 122 Å². The van der Waals surface area contributed by atoms with Crippen LogP contribution in [-0.4, -0.2) is 16.1 Å². The summed E-state index contributed by atoms with van der Waals surface area (Å²) in [5.74, 6) is 0.713. The maximum atomic E-state index is 11.9. The molecule has 0 fully saturated rings. The molecule has 3 N–H and O–H groups in total. The number of nitrogens with two attached hydrogens (primary N) is 1. The van der Waals surface area contributed by atoms with Gasteiger partial charge in [-0.15, -0.1) is 10.2 Å². The van der Waals surface area contributed by atoms with Crippen LogP contribution in [0.4, 0.5) is 5.69 Å². The molecule has 6 heteroatoms. The molecule has 0 aliphatic carbocycles. The molecular weight excluding hydrogens is 268 g/mol. The van der Waals surface area contributed by atoms with E-state index in [1.54, 1.807) is 0 Å². The molecule has 0 unspecified atom stereocenters. The van der Waals surface area contributed by atoms with Crippen molar-refractivity contribution in [3.8, 4) is 11.5 Å². The van der Waals surface area contributed by atoms with Crippen LogP contribution in [0.25, 0.3) is 11.5 Å². The van der Waals surface area contributed by atoms with E-state index in [9.17, 15) is 4.79 Å². The van der Waals surface area contributed by atoms with Crippen LogP contribution >= 0.6 is 0 Å². The Balaban J connectivity index is 2.03. The van der Waals surface area contributed by atoms with E-state index in [2.05, 4.69) is 15.5 Å². The first kappa shape index (κ1) is 13.5. The van der Waals surface area contributed by atoms with Gasteiger partial charge in [-0.05, 0) is 25.0 Å². The third-order valence-electron chi connectivity index (χ3n) is 3.28. The molecule has 21 heavy (non-hydrogen) atoms. The van der Waals surface area contributed by atoms with E-state index in [-0.39, 0.29) is 11.9 Å². The highest BCUT2D eigenvalue weighted by Gasteiger charge is 2.17. The van der Waals surface area contributed by atoms with Crippen molar-refractivity contribution in [2.75, 3.05) is 5.32 Å². The third kappa shape index (κ3) is 3.00. The maximum Gasteiger partial charge on any atom is 0.249 e. The monoisotopic (exact) mass is 284 g/mol. The van der Waals surface area contributed by atoms with Gasteiger partial charge >= 0.3 is 0 Å². The lowest BCUT2D eigenvalue weighted by Crippen LogP contribution is -2.11. The second kappa shape index (κ2) is 5.88. The van der Waals surface area contributed by atoms with E-state index in [1.165, 1.54) is 0 Å². The molecule has 0 spiro atoms. The summed E-state index contributed by atoms with van der Waals surface area (Å²) in [5, 5.41) is 10.9. The smallest absolute Gasteiger partial charge is 0.249 e. The number of nitrogens with zero attached hydrogens (tertiary/aromatic N) is 2. The fourth-order valence-electron chi connectivity index (χ4n) is 2.16. The van der Waals surface area contributed by atoms with E-state index in [0.717, 1.165) is 0 Å². The average molecular weight is 284 g/mol. The number of aromatic nitrogens is 2. The van der Waals surface area contributed by atoms with Gasteiger partial charge in [-0.2, -0.15) is 0 Å². The molecule has 1 aliphatic heterocycles. The van der Waals surface area contributed by atoms with E-state index in [4.69, 9.17) is 10.2 Å². The van der Waals surface area contributed by atoms with Crippen LogP contribution in [-0.2, 0) is 4.79 Å². The number of nitrogens with one attached hydrogen (secondary N) is 1. The van der Waals surface area contributed by atoms with Crippen LogP contribution in [0.15, 0.2) is 40.8 Å². The third-order valence-corrected chi connectivity index (χ3v) is 3.28. The Morgan fingerprint density at radius 2 is 2.10 bits per heavy atom. The summed E-state index contributed by atoms with van der Waals surface area (Å²) in [7, 11) is 0. The number of carbonyl (C=O) groups is 1. The van der Waals surface area contributed by atoms with Crippen LogP contribution in [0.5, 0.6) is 0 Å². The number of para-hydroxylation sites is 1. The van der Waals surface area contributed by atoms with E-state index >= 15 is 0 Å². The van der Waals surface area contributed by atoms with Gasteiger partial charge in [-0.3, -0.25) is 4.79 Å². The lowest BCUT2D eigenvalue weighted by atomic mass is 10.1. The lowest BCUT2D eigenvalue weighted by Gasteiger charge is -2.07. The van der Waals surface area contributed by atoms with Gasteiger partial charge in [0, 0.05) is 6.42 Å². The van der Waals surface area contributed by atoms with Gasteiger partial charge in [0.2, 0.25) is 17.7 Å². The lowest BCUT2D eigenvalue weighted by molar-refractivity contribution is -0.116. The maximum absolute atomic E-state index is 11.9. The van der Waals surface area contributed by atoms with Crippen LogP contribution in [0.3, 0.4) is 0 Å². The molecule has 0 saturated heterocycles. The van der Waals surface area contributed by atoms with Crippen LogP contribution < -0.4 is 11.1 Å². The fourth-order valence-corrected chi connectivity index (χ4v) is 2.16. The molecule has 1 aromatic carbocycles. The first-order valence-corrected chi connectivity index (χ1v) is 6.87. The number of fused-ring (bicyclic) bond motifs is 4. The molecule has 0 radical (unpaired) electrons. The van der Waals surface area contributed by atoms with Crippen molar-refractivity contribution < 1.29 is 9.21 Å². The molecule has 1 amide bonds. The number of benzene rings is 1. The summed E-state index contributed by atoms with van der Waals surface area (Å²) in [6, 6.07) is 7.01. The number of rotatable bonds is 0. The summed E-state index contributed by atoms with van der Waals surface area (Å²) in [6.45, 7) is 0. The van der Waals surface area contributed by atoms with Crippen molar-refractivity contribution >= 4 is 11.6 Å². The molecule has 1 aromatic heterocycles. The summed E-state index contributed by atoms with van der Waals surface area (Å²) < 4.78 is 5.64. The molecule has 6 nitrogen and oxygen atoms in total. The highest BCUT2D eigenvalue weighted by molar-refractivity contribution is 5.94. The molecule has 108 valence electrons. The number of allylic oxidation sites excluding steroid dienone is 1. The molecule has 2 bridgehead atoms. The Morgan fingerprint density at radius 1 is 1.24 bits per heavy atom. The molecule has 1 aliphatic rings. The van der Waals surface area contributed by atoms with Gasteiger partial charge in [0.1, 0.15) is 0 Å². The number of hydrogen-bond donors (Lipinski definition) is 2. The average Bonchev–Trinajstić information content (AvgIpc) is 2.96. The fraction of sp³-hybridized carbons (Fsp3) is 0.267. The number of carbonyl (C=O) groups excluding carboxylic acids is 1. The zero-order chi connectivity index (χ0) is 14.7. The van der Waals surface area contributed by atoms with Crippen molar-refractivity contribution in [2.45, 2.75) is 25.3 Å². The molecular formula is C15H16N4O2. The Kier molecular flexibility index (Phi) is 3.79. The molecule has 3 rings (SSSR count). The largest absolute Gasteiger partial charge is 0.419 e. The molecule has 1 atom stereocenters. The van der Waals surface area contributed by atoms with E-state index in [1.807, 2.05) is 36.4 Å². The molecule has 0 saturated carbocycles. The first-order chi connectivity index (χ1) is 10.2. The standard InChI is InChI=1S/C15H16N4O2/c16-11-7-2-1-3-9-13(20)17-12-8-5-4-6-10(12)14-18-19-15(11)21-14/h1-2,4-6,8,11H,3,7,9,16H2,(H,17,20)/b2-1+/t11-/m0/s1.